The molecule has 0 saturated carbocycles. The Morgan fingerprint density at radius 3 is 2.13 bits per heavy atom. The zero-order chi connectivity index (χ0) is 35.0. The van der Waals surface area contributed by atoms with E-state index in [2.05, 4.69) is 72.7 Å². The Morgan fingerprint density at radius 2 is 1.59 bits per heavy atom. The lowest BCUT2D eigenvalue weighted by Crippen LogP contribution is -2.48. The summed E-state index contributed by atoms with van der Waals surface area (Å²) in [6.45, 7) is 27.8. The van der Waals surface area contributed by atoms with Crippen LogP contribution in [0.15, 0.2) is 40.1 Å². The van der Waals surface area contributed by atoms with Gasteiger partial charge < -0.3 is 18.3 Å². The molecule has 1 fully saturated rings. The highest BCUT2D eigenvalue weighted by Crippen LogP contribution is 2.43. The first-order valence-corrected chi connectivity index (χ1v) is 21.8. The fraction of sp³-hybridized carbons (Fsp3) is 0.697. The van der Waals surface area contributed by atoms with Crippen molar-refractivity contribution in [3.8, 4) is 0 Å². The number of aromatic nitrogens is 2. The van der Waals surface area contributed by atoms with E-state index in [-0.39, 0.29) is 34.0 Å². The first kappa shape index (κ1) is 38.0. The van der Waals surface area contributed by atoms with Gasteiger partial charge in [-0.15, -0.1) is 0 Å². The standard InChI is InChI=1S/C33H55N3O8Si2/c1-31(2,3)28(23-16-14-15-17-24(23)36(39)40)41-20-22-19-35(30(38)34-29(22)37)27-18-25(44-46(12,13)33(7,8)9)26(43-27)21-42-45(10,11)32(4,5)6/h14-17,19,25-28H,18,20-21H2,1-13H3,(H,34,37,38)/t25-,26+,27+,28+/m0/s1. The zero-order valence-electron chi connectivity index (χ0n) is 30.0. The van der Waals surface area contributed by atoms with Gasteiger partial charge in [-0.2, -0.15) is 0 Å². The Hall–Kier alpha value is -2.43. The second-order valence-corrected chi connectivity index (χ2v) is 26.1. The third-order valence-electron chi connectivity index (χ3n) is 9.81. The molecule has 1 aromatic heterocycles. The van der Waals surface area contributed by atoms with Gasteiger partial charge in [0.15, 0.2) is 16.6 Å². The average Bonchev–Trinajstić information content (AvgIpc) is 3.28. The fourth-order valence-corrected chi connectivity index (χ4v) is 7.28. The normalized spacial score (nSPS) is 20.6. The van der Waals surface area contributed by atoms with Gasteiger partial charge in [0.1, 0.15) is 12.3 Å². The van der Waals surface area contributed by atoms with Crippen LogP contribution in [0.5, 0.6) is 0 Å². The summed E-state index contributed by atoms with van der Waals surface area (Å²) in [6.07, 6.45) is -0.222. The molecule has 0 spiro atoms. The van der Waals surface area contributed by atoms with Crippen LogP contribution in [0.1, 0.15) is 92.2 Å². The molecule has 13 heteroatoms. The topological polar surface area (TPSA) is 135 Å². The van der Waals surface area contributed by atoms with Gasteiger partial charge in [-0.1, -0.05) is 74.4 Å². The summed E-state index contributed by atoms with van der Waals surface area (Å²) in [6, 6.07) is 6.44. The number of nitrogens with one attached hydrogen (secondary N) is 1. The molecular formula is C33H55N3O8Si2. The van der Waals surface area contributed by atoms with Crippen molar-refractivity contribution in [3.63, 3.8) is 0 Å². The minimum absolute atomic E-state index is 0.0106. The van der Waals surface area contributed by atoms with Crippen molar-refractivity contribution in [1.82, 2.24) is 9.55 Å². The number of nitro benzene ring substituents is 1. The van der Waals surface area contributed by atoms with Crippen LogP contribution < -0.4 is 11.2 Å². The third kappa shape index (κ3) is 8.72. The van der Waals surface area contributed by atoms with Gasteiger partial charge in [-0.3, -0.25) is 24.5 Å². The molecule has 3 rings (SSSR count). The summed E-state index contributed by atoms with van der Waals surface area (Å²) in [4.78, 5) is 39.9. The van der Waals surface area contributed by atoms with E-state index in [0.717, 1.165) is 0 Å². The van der Waals surface area contributed by atoms with E-state index in [1.54, 1.807) is 18.2 Å². The van der Waals surface area contributed by atoms with Gasteiger partial charge in [-0.05, 0) is 47.7 Å². The smallest absolute Gasteiger partial charge is 0.330 e. The number of benzene rings is 1. The Morgan fingerprint density at radius 1 is 1.00 bits per heavy atom. The van der Waals surface area contributed by atoms with Crippen LogP contribution in [-0.2, 0) is 24.9 Å². The van der Waals surface area contributed by atoms with Crippen molar-refractivity contribution in [2.24, 2.45) is 5.41 Å². The molecule has 1 aromatic carbocycles. The predicted molar refractivity (Wildman–Crippen MR) is 185 cm³/mol. The van der Waals surface area contributed by atoms with E-state index in [1.807, 2.05) is 20.8 Å². The third-order valence-corrected chi connectivity index (χ3v) is 18.8. The summed E-state index contributed by atoms with van der Waals surface area (Å²) in [5, 5.41) is 11.8. The lowest BCUT2D eigenvalue weighted by atomic mass is 9.84. The van der Waals surface area contributed by atoms with Gasteiger partial charge in [-0.25, -0.2) is 4.79 Å². The molecule has 46 heavy (non-hydrogen) atoms. The van der Waals surface area contributed by atoms with Gasteiger partial charge in [0.25, 0.3) is 11.2 Å². The van der Waals surface area contributed by atoms with Crippen LogP contribution in [0, 0.1) is 15.5 Å². The largest absolute Gasteiger partial charge is 0.414 e. The number of ether oxygens (including phenoxy) is 2. The molecule has 0 unspecified atom stereocenters. The molecule has 258 valence electrons. The maximum atomic E-state index is 13.2. The predicted octanol–water partition coefficient (Wildman–Crippen LogP) is 7.45. The number of nitrogens with zero attached hydrogens (tertiary/aromatic N) is 2. The second-order valence-electron chi connectivity index (χ2n) is 16.5. The van der Waals surface area contributed by atoms with Crippen LogP contribution in [0.2, 0.25) is 36.3 Å². The van der Waals surface area contributed by atoms with E-state index in [1.165, 1.54) is 16.8 Å². The lowest BCUT2D eigenvalue weighted by molar-refractivity contribution is -0.386. The SMILES string of the molecule is CC(C)(C)[C@H](OCc1cn([C@H]2C[C@H](O[Si](C)(C)C(C)(C)C)[C@@H](CO[Si](C)(C)C(C)(C)C)O2)c(=O)[nH]c1=O)c1ccccc1[N+](=O)[O-]. The van der Waals surface area contributed by atoms with Crippen molar-refractivity contribution >= 4 is 22.3 Å². The molecule has 0 amide bonds. The summed E-state index contributed by atoms with van der Waals surface area (Å²) in [7, 11) is -4.31. The molecule has 1 aliphatic rings. The van der Waals surface area contributed by atoms with Crippen LogP contribution in [0.4, 0.5) is 5.69 Å². The first-order chi connectivity index (χ1) is 20.9. The van der Waals surface area contributed by atoms with Crippen molar-refractivity contribution < 1.29 is 23.2 Å². The van der Waals surface area contributed by atoms with Crippen molar-refractivity contribution in [1.29, 1.82) is 0 Å². The quantitative estimate of drug-likeness (QED) is 0.147. The summed E-state index contributed by atoms with van der Waals surface area (Å²) >= 11 is 0. The Labute approximate surface area is 275 Å². The number of aromatic amines is 1. The van der Waals surface area contributed by atoms with Crippen LogP contribution in [0.3, 0.4) is 0 Å². The lowest BCUT2D eigenvalue weighted by Gasteiger charge is -2.40. The van der Waals surface area contributed by atoms with E-state index in [9.17, 15) is 19.7 Å². The molecule has 1 aliphatic heterocycles. The number of para-hydroxylation sites is 1. The summed E-state index contributed by atoms with van der Waals surface area (Å²) in [5.41, 5.74) is -1.14. The van der Waals surface area contributed by atoms with Crippen molar-refractivity contribution in [2.75, 3.05) is 6.61 Å². The number of rotatable bonds is 11. The highest BCUT2D eigenvalue weighted by molar-refractivity contribution is 6.74. The Bertz CT molecular complexity index is 1500. The number of hydrogen-bond acceptors (Lipinski definition) is 8. The molecule has 11 nitrogen and oxygen atoms in total. The minimum Gasteiger partial charge on any atom is -0.414 e. The summed E-state index contributed by atoms with van der Waals surface area (Å²) in [5.74, 6) is 0. The average molecular weight is 678 g/mol. The highest BCUT2D eigenvalue weighted by atomic mass is 28.4. The van der Waals surface area contributed by atoms with E-state index >= 15 is 0 Å². The molecule has 0 aliphatic carbocycles. The van der Waals surface area contributed by atoms with E-state index < -0.39 is 56.7 Å². The molecule has 0 radical (unpaired) electrons. The molecule has 1 saturated heterocycles. The minimum atomic E-state index is -2.21. The number of H-pyrrole nitrogens is 1. The highest BCUT2D eigenvalue weighted by Gasteiger charge is 2.47. The van der Waals surface area contributed by atoms with Crippen LogP contribution >= 0.6 is 0 Å². The van der Waals surface area contributed by atoms with Crippen molar-refractivity contribution in [3.05, 3.63) is 72.5 Å². The van der Waals surface area contributed by atoms with Crippen LogP contribution in [-0.4, -0.2) is 49.9 Å². The van der Waals surface area contributed by atoms with E-state index in [4.69, 9.17) is 18.3 Å². The van der Waals surface area contributed by atoms with Gasteiger partial charge >= 0.3 is 5.69 Å². The Balaban J connectivity index is 1.94. The second kappa shape index (κ2) is 13.6. The monoisotopic (exact) mass is 677 g/mol. The molecule has 0 bridgehead atoms. The van der Waals surface area contributed by atoms with Crippen LogP contribution in [0.25, 0.3) is 0 Å². The summed E-state index contributed by atoms with van der Waals surface area (Å²) < 4.78 is 27.6. The maximum Gasteiger partial charge on any atom is 0.330 e. The molecule has 2 heterocycles. The molecule has 1 N–H and O–H groups in total. The number of nitro groups is 1. The van der Waals surface area contributed by atoms with Gasteiger partial charge in [0, 0.05) is 18.7 Å². The first-order valence-electron chi connectivity index (χ1n) is 16.0. The molecule has 4 atom stereocenters. The maximum absolute atomic E-state index is 13.2. The van der Waals surface area contributed by atoms with E-state index in [0.29, 0.717) is 18.6 Å². The van der Waals surface area contributed by atoms with Crippen molar-refractivity contribution in [2.45, 2.75) is 136 Å². The Kier molecular flexibility index (Phi) is 11.2. The van der Waals surface area contributed by atoms with Gasteiger partial charge in [0.05, 0.1) is 41.5 Å². The molecular weight excluding hydrogens is 623 g/mol. The molecule has 2 aromatic rings. The number of hydrogen-bond donors (Lipinski definition) is 1. The van der Waals surface area contributed by atoms with Gasteiger partial charge in [0.2, 0.25) is 0 Å². The fourth-order valence-electron chi connectivity index (χ4n) is 4.91. The zero-order valence-corrected chi connectivity index (χ0v) is 32.0.